The molecular formula is C14H25ClN2O2. The van der Waals surface area contributed by atoms with Gasteiger partial charge >= 0.3 is 0 Å². The molecule has 4 nitrogen and oxygen atoms in total. The van der Waals surface area contributed by atoms with Gasteiger partial charge in [-0.15, -0.1) is 0 Å². The van der Waals surface area contributed by atoms with E-state index < -0.39 is 0 Å². The van der Waals surface area contributed by atoms with Crippen LogP contribution in [0, 0.1) is 6.92 Å². The summed E-state index contributed by atoms with van der Waals surface area (Å²) >= 11 is 5.64. The van der Waals surface area contributed by atoms with Crippen molar-refractivity contribution >= 4 is 23.8 Å². The van der Waals surface area contributed by atoms with Crippen LogP contribution in [0.2, 0.25) is 5.15 Å². The second-order valence-electron chi connectivity index (χ2n) is 4.40. The molecule has 5 heteroatoms. The molecule has 0 aliphatic carbocycles. The Bertz CT molecular complexity index is 363. The van der Waals surface area contributed by atoms with E-state index in [0.717, 1.165) is 11.3 Å². The molecule has 1 rings (SSSR count). The molecule has 110 valence electrons. The van der Waals surface area contributed by atoms with Crippen molar-refractivity contribution in [3.8, 4) is 0 Å². The van der Waals surface area contributed by atoms with Gasteiger partial charge in [-0.2, -0.15) is 0 Å². The van der Waals surface area contributed by atoms with Crippen LogP contribution < -0.4 is 5.32 Å². The Morgan fingerprint density at radius 2 is 1.89 bits per heavy atom. The average Bonchev–Trinajstić information content (AvgIpc) is 2.31. The summed E-state index contributed by atoms with van der Waals surface area (Å²) in [6.07, 6.45) is 1.72. The third-order valence-electron chi connectivity index (χ3n) is 1.75. The number of hydrogen-bond acceptors (Lipinski definition) is 4. The minimum Gasteiger partial charge on any atom is -0.462 e. The minimum atomic E-state index is -0.318. The summed E-state index contributed by atoms with van der Waals surface area (Å²) in [5.74, 6) is 0. The van der Waals surface area contributed by atoms with Gasteiger partial charge in [-0.1, -0.05) is 25.4 Å². The fourth-order valence-electron chi connectivity index (χ4n) is 0.928. The number of ether oxygens (including phenoxy) is 1. The van der Waals surface area contributed by atoms with Crippen LogP contribution in [-0.2, 0) is 9.53 Å². The molecule has 0 saturated heterocycles. The van der Waals surface area contributed by atoms with Crippen LogP contribution in [0.25, 0.3) is 0 Å². The van der Waals surface area contributed by atoms with Crippen LogP contribution in [0.15, 0.2) is 12.3 Å². The van der Waals surface area contributed by atoms with Gasteiger partial charge in [0, 0.05) is 7.05 Å². The van der Waals surface area contributed by atoms with Crippen LogP contribution in [-0.4, -0.2) is 24.1 Å². The Labute approximate surface area is 121 Å². The summed E-state index contributed by atoms with van der Waals surface area (Å²) in [4.78, 5) is 13.5. The van der Waals surface area contributed by atoms with E-state index in [4.69, 9.17) is 11.6 Å². The molecule has 0 radical (unpaired) electrons. The maximum atomic E-state index is 9.60. The SMILES string of the molecule is CC.CC(C)(C)OC=O.CNc1cnc(Cl)cc1C. The van der Waals surface area contributed by atoms with Gasteiger partial charge in [0.25, 0.3) is 6.47 Å². The van der Waals surface area contributed by atoms with Crippen molar-refractivity contribution in [2.45, 2.75) is 47.1 Å². The van der Waals surface area contributed by atoms with Gasteiger partial charge in [0.05, 0.1) is 11.9 Å². The quantitative estimate of drug-likeness (QED) is 0.658. The number of aryl methyl sites for hydroxylation is 1. The zero-order valence-electron chi connectivity index (χ0n) is 12.9. The molecule has 0 unspecified atom stereocenters. The molecule has 1 heterocycles. The van der Waals surface area contributed by atoms with E-state index in [1.165, 1.54) is 0 Å². The topological polar surface area (TPSA) is 51.2 Å². The molecule has 0 aliphatic heterocycles. The number of nitrogens with zero attached hydrogens (tertiary/aromatic N) is 1. The highest BCUT2D eigenvalue weighted by Crippen LogP contribution is 2.15. The number of aromatic nitrogens is 1. The molecule has 1 N–H and O–H groups in total. The monoisotopic (exact) mass is 288 g/mol. The van der Waals surface area contributed by atoms with Crippen LogP contribution >= 0.6 is 11.6 Å². The Kier molecular flexibility index (Phi) is 11.2. The second-order valence-corrected chi connectivity index (χ2v) is 4.79. The Hall–Kier alpha value is -1.29. The number of hydrogen-bond donors (Lipinski definition) is 1. The molecule has 0 spiro atoms. The van der Waals surface area contributed by atoms with Crippen molar-refractivity contribution in [1.29, 1.82) is 0 Å². The average molecular weight is 289 g/mol. The third kappa shape index (κ3) is 11.5. The van der Waals surface area contributed by atoms with Gasteiger partial charge in [-0.3, -0.25) is 4.79 Å². The number of halogens is 1. The van der Waals surface area contributed by atoms with E-state index in [2.05, 4.69) is 15.0 Å². The number of carbonyl (C=O) groups excluding carboxylic acids is 1. The molecule has 0 aliphatic rings. The highest BCUT2D eigenvalue weighted by molar-refractivity contribution is 6.29. The molecule has 0 bridgehead atoms. The summed E-state index contributed by atoms with van der Waals surface area (Å²) in [5, 5.41) is 3.54. The fraction of sp³-hybridized carbons (Fsp3) is 0.571. The predicted octanol–water partition coefficient (Wildman–Crippen LogP) is 4.07. The van der Waals surface area contributed by atoms with Crippen molar-refractivity contribution in [2.75, 3.05) is 12.4 Å². The maximum absolute atomic E-state index is 9.60. The van der Waals surface area contributed by atoms with Crippen molar-refractivity contribution in [2.24, 2.45) is 0 Å². The molecule has 0 fully saturated rings. The lowest BCUT2D eigenvalue weighted by molar-refractivity contribution is -0.138. The molecular weight excluding hydrogens is 264 g/mol. The van der Waals surface area contributed by atoms with Crippen LogP contribution in [0.5, 0.6) is 0 Å². The molecule has 1 aromatic rings. The van der Waals surface area contributed by atoms with Gasteiger partial charge in [-0.05, 0) is 39.3 Å². The van der Waals surface area contributed by atoms with Gasteiger partial charge < -0.3 is 10.1 Å². The van der Waals surface area contributed by atoms with Crippen molar-refractivity contribution in [1.82, 2.24) is 4.98 Å². The molecule has 1 aromatic heterocycles. The number of anilines is 1. The zero-order valence-corrected chi connectivity index (χ0v) is 13.6. The molecule has 0 saturated carbocycles. The molecule has 0 amide bonds. The summed E-state index contributed by atoms with van der Waals surface area (Å²) in [5.41, 5.74) is 1.81. The molecule has 19 heavy (non-hydrogen) atoms. The van der Waals surface area contributed by atoms with E-state index in [9.17, 15) is 4.79 Å². The standard InChI is InChI=1S/C7H9ClN2.C5H10O2.C2H6/c1-5-3-7(8)10-4-6(5)9-2;1-5(2,3)7-4-6;1-2/h3-4,9H,1-2H3;4H,1-3H3;1-2H3. The van der Waals surface area contributed by atoms with Crippen molar-refractivity contribution in [3.05, 3.63) is 23.0 Å². The third-order valence-corrected chi connectivity index (χ3v) is 1.96. The highest BCUT2D eigenvalue weighted by Gasteiger charge is 2.07. The van der Waals surface area contributed by atoms with Crippen LogP contribution in [0.1, 0.15) is 40.2 Å². The minimum absolute atomic E-state index is 0.318. The fourth-order valence-corrected chi connectivity index (χ4v) is 1.14. The van der Waals surface area contributed by atoms with E-state index in [1.807, 2.05) is 54.7 Å². The van der Waals surface area contributed by atoms with Crippen molar-refractivity contribution in [3.63, 3.8) is 0 Å². The first-order valence-electron chi connectivity index (χ1n) is 6.21. The Morgan fingerprint density at radius 3 is 2.16 bits per heavy atom. The van der Waals surface area contributed by atoms with E-state index in [-0.39, 0.29) is 5.60 Å². The van der Waals surface area contributed by atoms with Gasteiger partial charge in [-0.25, -0.2) is 4.98 Å². The second kappa shape index (κ2) is 10.6. The van der Waals surface area contributed by atoms with E-state index in [1.54, 1.807) is 6.20 Å². The highest BCUT2D eigenvalue weighted by atomic mass is 35.5. The smallest absolute Gasteiger partial charge is 0.293 e. The van der Waals surface area contributed by atoms with Crippen LogP contribution in [0.3, 0.4) is 0 Å². The number of rotatable bonds is 2. The molecule has 0 atom stereocenters. The number of nitrogens with one attached hydrogen (secondary N) is 1. The number of carbonyl (C=O) groups is 1. The first-order valence-corrected chi connectivity index (χ1v) is 6.59. The summed E-state index contributed by atoms with van der Waals surface area (Å²) in [7, 11) is 1.86. The lowest BCUT2D eigenvalue weighted by Crippen LogP contribution is -2.17. The summed E-state index contributed by atoms with van der Waals surface area (Å²) < 4.78 is 4.55. The number of pyridine rings is 1. The normalized spacial score (nSPS) is 9.26. The Morgan fingerprint density at radius 1 is 1.37 bits per heavy atom. The molecule has 0 aromatic carbocycles. The van der Waals surface area contributed by atoms with E-state index >= 15 is 0 Å². The van der Waals surface area contributed by atoms with Gasteiger partial charge in [0.1, 0.15) is 10.8 Å². The lowest BCUT2D eigenvalue weighted by atomic mass is 10.2. The largest absolute Gasteiger partial charge is 0.462 e. The predicted molar refractivity (Wildman–Crippen MR) is 81.8 cm³/mol. The van der Waals surface area contributed by atoms with Crippen LogP contribution in [0.4, 0.5) is 5.69 Å². The first kappa shape index (κ1) is 20.0. The Balaban J connectivity index is 0. The van der Waals surface area contributed by atoms with Gasteiger partial charge in [0.2, 0.25) is 0 Å². The maximum Gasteiger partial charge on any atom is 0.293 e. The lowest BCUT2D eigenvalue weighted by Gasteiger charge is -2.14. The summed E-state index contributed by atoms with van der Waals surface area (Å²) in [6, 6.07) is 1.83. The van der Waals surface area contributed by atoms with Gasteiger partial charge in [0.15, 0.2) is 0 Å². The summed E-state index contributed by atoms with van der Waals surface area (Å²) in [6.45, 7) is 11.9. The zero-order chi connectivity index (χ0) is 15.5. The van der Waals surface area contributed by atoms with E-state index in [0.29, 0.717) is 11.6 Å². The van der Waals surface area contributed by atoms with Crippen molar-refractivity contribution < 1.29 is 9.53 Å². The first-order chi connectivity index (χ1) is 8.80.